The van der Waals surface area contributed by atoms with Gasteiger partial charge in [0, 0.05) is 0 Å². The standard InChI is InChI=1S/C5H9BN5/c1-4-2-8-11(3-7)5(4)9-10-6/h2,9H,3,7H2,1H3. The van der Waals surface area contributed by atoms with Gasteiger partial charge in [-0.2, -0.15) is 0 Å². The van der Waals surface area contributed by atoms with Crippen molar-refractivity contribution in [2.24, 2.45) is 10.7 Å². The van der Waals surface area contributed by atoms with Gasteiger partial charge in [0.2, 0.25) is 0 Å². The van der Waals surface area contributed by atoms with Crippen LogP contribution >= 0.6 is 0 Å². The van der Waals surface area contributed by atoms with Crippen molar-refractivity contribution >= 4 is 13.5 Å². The maximum absolute atomic E-state index is 5.37. The molecule has 1 heterocycles. The summed E-state index contributed by atoms with van der Waals surface area (Å²) in [7, 11) is 4.94. The third-order valence-corrected chi connectivity index (χ3v) is 1.37. The number of aromatic nitrogens is 2. The van der Waals surface area contributed by atoms with Crippen LogP contribution in [0.5, 0.6) is 0 Å². The first-order valence-corrected chi connectivity index (χ1v) is 3.18. The number of aryl methyl sites for hydroxylation is 1. The summed E-state index contributed by atoms with van der Waals surface area (Å²) in [4.78, 5) is 0. The predicted molar refractivity (Wildman–Crippen MR) is 43.0 cm³/mol. The fourth-order valence-electron chi connectivity index (χ4n) is 0.824. The van der Waals surface area contributed by atoms with Crippen molar-refractivity contribution in [1.29, 1.82) is 0 Å². The first kappa shape index (κ1) is 7.94. The second-order valence-corrected chi connectivity index (χ2v) is 2.10. The fourth-order valence-corrected chi connectivity index (χ4v) is 0.824. The van der Waals surface area contributed by atoms with Crippen molar-refractivity contribution < 1.29 is 0 Å². The van der Waals surface area contributed by atoms with Crippen molar-refractivity contribution in [3.8, 4) is 0 Å². The number of nitrogens with two attached hydrogens (primary N) is 1. The van der Waals surface area contributed by atoms with Gasteiger partial charge in [-0.3, -0.25) is 0 Å². The van der Waals surface area contributed by atoms with Crippen molar-refractivity contribution in [2.45, 2.75) is 13.6 Å². The van der Waals surface area contributed by atoms with E-state index >= 15 is 0 Å². The Hall–Kier alpha value is -1.17. The molecule has 3 N–H and O–H groups in total. The summed E-state index contributed by atoms with van der Waals surface area (Å²) in [6.07, 6.45) is 1.69. The number of nitrogens with zero attached hydrogens (tertiary/aromatic N) is 3. The van der Waals surface area contributed by atoms with Gasteiger partial charge in [0.1, 0.15) is 0 Å². The molecule has 1 rings (SSSR count). The van der Waals surface area contributed by atoms with Crippen LogP contribution in [0.25, 0.3) is 0 Å². The van der Waals surface area contributed by atoms with Gasteiger partial charge in [-0.1, -0.05) is 0 Å². The van der Waals surface area contributed by atoms with E-state index in [1.54, 1.807) is 10.9 Å². The average molecular weight is 150 g/mol. The van der Waals surface area contributed by atoms with Gasteiger partial charge in [0.15, 0.2) is 0 Å². The Balaban J connectivity index is 2.96. The molecule has 1 aromatic heterocycles. The Morgan fingerprint density at radius 2 is 2.64 bits per heavy atom. The minimum absolute atomic E-state index is 0.311. The summed E-state index contributed by atoms with van der Waals surface area (Å²) in [6.45, 7) is 2.21. The van der Waals surface area contributed by atoms with Gasteiger partial charge in [-0.25, -0.2) is 0 Å². The normalized spacial score (nSPS) is 9.55. The Morgan fingerprint density at radius 3 is 3.18 bits per heavy atom. The molecule has 0 saturated carbocycles. The van der Waals surface area contributed by atoms with E-state index in [9.17, 15) is 0 Å². The Bertz CT molecular complexity index is 255. The van der Waals surface area contributed by atoms with Crippen LogP contribution in [0.2, 0.25) is 0 Å². The molecule has 0 aliphatic carbocycles. The summed E-state index contributed by atoms with van der Waals surface area (Å²) in [5.74, 6) is 0.731. The average Bonchev–Trinajstić information content (AvgIpc) is 2.34. The minimum atomic E-state index is 0.311. The number of hydrogen-bond acceptors (Lipinski definition) is 4. The Morgan fingerprint density at radius 1 is 1.91 bits per heavy atom. The predicted octanol–water partition coefficient (Wildman–Crippen LogP) is -0.213. The number of nitrogens with one attached hydrogen (secondary N) is 1. The third kappa shape index (κ3) is 1.46. The summed E-state index contributed by atoms with van der Waals surface area (Å²) in [5.41, 5.74) is 8.93. The molecule has 0 aromatic carbocycles. The molecule has 0 fully saturated rings. The van der Waals surface area contributed by atoms with Crippen molar-refractivity contribution in [2.75, 3.05) is 5.43 Å². The van der Waals surface area contributed by atoms with Crippen molar-refractivity contribution in [1.82, 2.24) is 9.78 Å². The first-order chi connectivity index (χ1) is 5.29. The molecule has 0 atom stereocenters. The second-order valence-electron chi connectivity index (χ2n) is 2.10. The number of rotatable bonds is 3. The third-order valence-electron chi connectivity index (χ3n) is 1.37. The monoisotopic (exact) mass is 150 g/mol. The van der Waals surface area contributed by atoms with E-state index in [0.29, 0.717) is 6.67 Å². The molecular weight excluding hydrogens is 141 g/mol. The van der Waals surface area contributed by atoms with E-state index in [4.69, 9.17) is 13.4 Å². The molecule has 0 aliphatic rings. The summed E-state index contributed by atoms with van der Waals surface area (Å²) >= 11 is 0. The van der Waals surface area contributed by atoms with Gasteiger partial charge in [0.05, 0.1) is 0 Å². The molecule has 1 aromatic rings. The van der Waals surface area contributed by atoms with Crippen LogP contribution in [0.3, 0.4) is 0 Å². The van der Waals surface area contributed by atoms with Crippen LogP contribution in [0.1, 0.15) is 5.56 Å². The van der Waals surface area contributed by atoms with E-state index in [0.717, 1.165) is 11.4 Å². The van der Waals surface area contributed by atoms with Crippen LogP contribution < -0.4 is 11.2 Å². The molecule has 1 radical (unpaired) electrons. The molecule has 0 saturated heterocycles. The van der Waals surface area contributed by atoms with Crippen LogP contribution in [0.4, 0.5) is 5.82 Å². The van der Waals surface area contributed by atoms with Crippen LogP contribution in [0, 0.1) is 6.92 Å². The SMILES string of the molecule is [B]=NNc1c(C)cnn1CN. The van der Waals surface area contributed by atoms with Crippen LogP contribution in [-0.2, 0) is 6.67 Å². The van der Waals surface area contributed by atoms with Gasteiger partial charge >= 0.3 is 64.8 Å². The van der Waals surface area contributed by atoms with Crippen molar-refractivity contribution in [3.63, 3.8) is 0 Å². The van der Waals surface area contributed by atoms with Gasteiger partial charge in [-0.15, -0.1) is 0 Å². The van der Waals surface area contributed by atoms with E-state index in [1.807, 2.05) is 6.92 Å². The summed E-state index contributed by atoms with van der Waals surface area (Å²) < 4.78 is 1.58. The molecule has 0 amide bonds. The van der Waals surface area contributed by atoms with Crippen LogP contribution in [-0.4, -0.2) is 17.4 Å². The van der Waals surface area contributed by atoms with E-state index in [2.05, 4.69) is 15.5 Å². The zero-order valence-corrected chi connectivity index (χ0v) is 6.28. The summed E-state index contributed by atoms with van der Waals surface area (Å²) in [5, 5.41) is 7.25. The Labute approximate surface area is 65.7 Å². The molecule has 11 heavy (non-hydrogen) atoms. The topological polar surface area (TPSA) is 68.2 Å². The number of hydrogen-bond donors (Lipinski definition) is 2. The van der Waals surface area contributed by atoms with Gasteiger partial charge in [-0.05, 0) is 0 Å². The van der Waals surface area contributed by atoms with Gasteiger partial charge < -0.3 is 0 Å². The Kier molecular flexibility index (Phi) is 2.38. The molecule has 57 valence electrons. The van der Waals surface area contributed by atoms with Crippen molar-refractivity contribution in [3.05, 3.63) is 11.8 Å². The second kappa shape index (κ2) is 3.29. The molecule has 0 spiro atoms. The van der Waals surface area contributed by atoms with E-state index < -0.39 is 0 Å². The molecule has 0 unspecified atom stereocenters. The molecule has 6 heteroatoms. The number of anilines is 1. The van der Waals surface area contributed by atoms with E-state index in [-0.39, 0.29) is 0 Å². The molecule has 0 bridgehead atoms. The molecule has 5 nitrogen and oxygen atoms in total. The quantitative estimate of drug-likeness (QED) is 0.462. The fraction of sp³-hybridized carbons (Fsp3) is 0.400. The van der Waals surface area contributed by atoms with Gasteiger partial charge in [0.25, 0.3) is 0 Å². The maximum atomic E-state index is 5.37. The molecular formula is C5H9BN5. The first-order valence-electron chi connectivity index (χ1n) is 3.18. The zero-order chi connectivity index (χ0) is 8.27. The van der Waals surface area contributed by atoms with E-state index in [1.165, 1.54) is 0 Å². The zero-order valence-electron chi connectivity index (χ0n) is 6.28. The molecule has 0 aliphatic heterocycles. The summed E-state index contributed by atoms with van der Waals surface area (Å²) in [6, 6.07) is 0. The van der Waals surface area contributed by atoms with Crippen LogP contribution in [0.15, 0.2) is 11.2 Å².